The van der Waals surface area contributed by atoms with E-state index in [1.54, 1.807) is 24.5 Å². The van der Waals surface area contributed by atoms with Crippen LogP contribution in [0, 0.1) is 11.6 Å². The number of likely N-dealkylation sites (tertiary alicyclic amines) is 2. The van der Waals surface area contributed by atoms with E-state index in [1.165, 1.54) is 74.0 Å². The van der Waals surface area contributed by atoms with Gasteiger partial charge in [-0.3, -0.25) is 49.4 Å². The van der Waals surface area contributed by atoms with Crippen LogP contribution in [-0.2, 0) is 19.5 Å². The molecule has 18 rings (SSSR count). The van der Waals surface area contributed by atoms with Crippen molar-refractivity contribution >= 4 is 102 Å². The number of amides is 4. The quantitative estimate of drug-likeness (QED) is 0.0249. The number of carbonyl (C=O) groups excluding carboxylic acids is 4. The van der Waals surface area contributed by atoms with Gasteiger partial charge >= 0.3 is 6.61 Å². The molecule has 2 fully saturated rings. The predicted molar refractivity (Wildman–Crippen MR) is 422 cm³/mol. The van der Waals surface area contributed by atoms with Gasteiger partial charge in [-0.05, 0) is 184 Å². The summed E-state index contributed by atoms with van der Waals surface area (Å²) in [5, 5.41) is 38.6. The van der Waals surface area contributed by atoms with Crippen molar-refractivity contribution in [2.24, 2.45) is 0 Å². The van der Waals surface area contributed by atoms with Gasteiger partial charge in [0.1, 0.15) is 45.7 Å². The number of aromatic nitrogens is 16. The molecule has 2 aliphatic heterocycles. The Morgan fingerprint density at radius 1 is 0.407 bits per heavy atom. The Balaban J connectivity index is 0.000000119. The largest absolute Gasteiger partial charge is 0.435 e. The number of aromatic amines is 8. The van der Waals surface area contributed by atoms with E-state index in [4.69, 9.17) is 11.6 Å². The van der Waals surface area contributed by atoms with Gasteiger partial charge in [-0.25, -0.2) is 28.7 Å². The van der Waals surface area contributed by atoms with Crippen LogP contribution in [0.5, 0.6) is 5.75 Å². The van der Waals surface area contributed by atoms with Crippen molar-refractivity contribution in [2.45, 2.75) is 51.8 Å². The topological polar surface area (TPSA) is 362 Å². The molecule has 27 nitrogen and oxygen atoms in total. The molecule has 0 spiro atoms. The number of aryl methyl sites for hydroxylation is 1. The molecule has 32 heteroatoms. The van der Waals surface area contributed by atoms with Gasteiger partial charge in [0.2, 0.25) is 0 Å². The smallest absolute Gasteiger partial charge is 0.387 e. The molecule has 113 heavy (non-hydrogen) atoms. The number of anilines is 4. The summed E-state index contributed by atoms with van der Waals surface area (Å²) in [4.78, 5) is 86.1. The summed E-state index contributed by atoms with van der Waals surface area (Å²) in [6.07, 6.45) is 11.8. The first-order valence-electron chi connectivity index (χ1n) is 36.1. The second kappa shape index (κ2) is 34.3. The van der Waals surface area contributed by atoms with Crippen LogP contribution in [0.15, 0.2) is 207 Å². The van der Waals surface area contributed by atoms with E-state index in [-0.39, 0.29) is 28.8 Å². The average molecular weight is 1540 g/mol. The van der Waals surface area contributed by atoms with Crippen LogP contribution in [0.4, 0.5) is 40.3 Å². The Hall–Kier alpha value is -13.9. The highest BCUT2D eigenvalue weighted by Crippen LogP contribution is 2.32. The van der Waals surface area contributed by atoms with Crippen LogP contribution in [0.1, 0.15) is 83.8 Å². The van der Waals surface area contributed by atoms with Gasteiger partial charge in [0.15, 0.2) is 23.3 Å². The fraction of sp³-hybridized carbons (Fsp3) is 0.160. The monoisotopic (exact) mass is 1540 g/mol. The van der Waals surface area contributed by atoms with Crippen molar-refractivity contribution in [3.63, 3.8) is 0 Å². The minimum Gasteiger partial charge on any atom is -0.435 e. The van der Waals surface area contributed by atoms with Crippen molar-refractivity contribution in [2.75, 3.05) is 53.3 Å². The third kappa shape index (κ3) is 17.9. The molecule has 0 saturated carbocycles. The molecule has 2 saturated heterocycles. The zero-order valence-electron chi connectivity index (χ0n) is 60.1. The van der Waals surface area contributed by atoms with E-state index < -0.39 is 35.6 Å². The highest BCUT2D eigenvalue weighted by atomic mass is 35.5. The summed E-state index contributed by atoms with van der Waals surface area (Å²) < 4.78 is 56.5. The average Bonchev–Trinajstić information content (AvgIpc) is 1.67. The molecule has 0 atom stereocenters. The highest BCUT2D eigenvalue weighted by molar-refractivity contribution is 6.18. The zero-order valence-corrected chi connectivity index (χ0v) is 60.9. The Morgan fingerprint density at radius 3 is 1.20 bits per heavy atom. The normalized spacial score (nSPS) is 12.8. The molecule has 570 valence electrons. The minimum absolute atomic E-state index is 0.0205. The van der Waals surface area contributed by atoms with Crippen molar-refractivity contribution in [3.8, 4) is 51.8 Å². The van der Waals surface area contributed by atoms with Crippen molar-refractivity contribution in [1.82, 2.24) is 90.5 Å². The molecule has 8 aromatic heterocycles. The highest BCUT2D eigenvalue weighted by Gasteiger charge is 2.24. The summed E-state index contributed by atoms with van der Waals surface area (Å²) in [6, 6.07) is 53.0. The SMILES string of the molecule is O=C(Nc1cn[nH]c1-c1nc2ccc(CN3CCCC3)cc2[nH]1)c1c(F)cccc1F.O=C(Nc1cn[nH]c1-c1nc2ccccc2[nH]1)c1ccc(CCCl)cc1.O=C(Nc1cn[nH]c1-c1nc2ccccc2[nH]1)c1ccc(OC(F)F)cc1.O=C(Nc1cn[nH]c1-c1nc2ccccc2[nH]1)c1cccc(CN2CCCC2)c1. The van der Waals surface area contributed by atoms with Gasteiger partial charge in [-0.1, -0.05) is 72.8 Å². The molecule has 8 aromatic carbocycles. The summed E-state index contributed by atoms with van der Waals surface area (Å²) >= 11 is 5.74. The van der Waals surface area contributed by atoms with E-state index in [9.17, 15) is 36.7 Å². The maximum atomic E-state index is 13.9. The van der Waals surface area contributed by atoms with E-state index in [0.29, 0.717) is 80.1 Å². The first kappa shape index (κ1) is 74.5. The molecule has 0 bridgehead atoms. The maximum Gasteiger partial charge on any atom is 0.387 e. The second-order valence-corrected chi connectivity index (χ2v) is 26.9. The molecule has 16 aromatic rings. The minimum atomic E-state index is -2.91. The fourth-order valence-corrected chi connectivity index (χ4v) is 13.4. The van der Waals surface area contributed by atoms with Crippen molar-refractivity contribution in [3.05, 3.63) is 257 Å². The molecular weight excluding hydrogens is 1470 g/mol. The number of nitrogens with one attached hydrogen (secondary N) is 12. The lowest BCUT2D eigenvalue weighted by Crippen LogP contribution is -2.19. The van der Waals surface area contributed by atoms with Crippen molar-refractivity contribution < 1.29 is 41.5 Å². The lowest BCUT2D eigenvalue weighted by Gasteiger charge is -2.15. The molecule has 4 amide bonds. The Bertz CT molecular complexity index is 5890. The van der Waals surface area contributed by atoms with E-state index in [0.717, 1.165) is 113 Å². The first-order chi connectivity index (χ1) is 55.2. The number of H-pyrrole nitrogens is 8. The van der Waals surface area contributed by atoms with Gasteiger partial charge in [-0.15, -0.1) is 11.6 Å². The van der Waals surface area contributed by atoms with Gasteiger partial charge in [0.25, 0.3) is 23.6 Å². The molecule has 12 N–H and O–H groups in total. The Kier molecular flexibility index (Phi) is 22.7. The molecule has 0 radical (unpaired) electrons. The van der Waals surface area contributed by atoms with Gasteiger partial charge < -0.3 is 45.9 Å². The van der Waals surface area contributed by atoms with Crippen LogP contribution in [-0.4, -0.2) is 153 Å². The number of halogens is 5. The number of ether oxygens (including phenoxy) is 1. The van der Waals surface area contributed by atoms with E-state index >= 15 is 0 Å². The Labute approximate surface area is 645 Å². The summed E-state index contributed by atoms with van der Waals surface area (Å²) in [5.74, 6) is -0.756. The number of rotatable bonds is 20. The Morgan fingerprint density at radius 2 is 0.779 bits per heavy atom. The maximum absolute atomic E-state index is 13.9. The molecular formula is C81H71ClF4N22O5. The number of benzene rings is 8. The molecule has 0 aliphatic carbocycles. The van der Waals surface area contributed by atoms with Crippen LogP contribution < -0.4 is 26.0 Å². The number of hydrogen-bond donors (Lipinski definition) is 12. The standard InChI is InChI=1S/C22H20F2N6O.C22H22N6O.C19H16ClN5O.C18H13F2N5O2/c23-14-4-3-5-15(24)19(14)22(31)28-18-11-25-29-20(18)21-26-16-7-6-13(10-17(16)27-21)12-30-8-1-2-9-30;29-22(16-7-5-6-15(12-16)14-28-10-3-4-11-28)26-19-13-23-27-20(19)21-24-17-8-1-2-9-18(17)25-21;20-10-9-12-5-7-13(8-6-12)19(26)24-16-11-21-25-17(16)18-22-14-3-1-2-4-15(14)23-18;19-18(20)27-11-7-5-10(6-8-11)17(26)24-14-9-21-25-15(14)16-22-12-3-1-2-4-13(12)23-16/h3-7,10-11H,1-2,8-9,12H2,(H,25,29)(H,26,27)(H,28,31);1-2,5-9,12-13H,3-4,10-11,14H2,(H,23,27)(H,24,25)(H,26,29);1-8,11H,9-10H2,(H,21,25)(H,22,23)(H,24,26);1-9,18H,(H,21,25)(H,22,23)(H,24,26). The van der Waals surface area contributed by atoms with E-state index in [2.05, 4.69) is 135 Å². The molecule has 10 heterocycles. The predicted octanol–water partition coefficient (Wildman–Crippen LogP) is 15.7. The zero-order chi connectivity index (χ0) is 77.7. The molecule has 0 unspecified atom stereocenters. The summed E-state index contributed by atoms with van der Waals surface area (Å²) in [6.45, 7) is 3.36. The number of nitrogens with zero attached hydrogens (tertiary/aromatic N) is 10. The van der Waals surface area contributed by atoms with Crippen LogP contribution >= 0.6 is 11.6 Å². The van der Waals surface area contributed by atoms with Crippen LogP contribution in [0.25, 0.3) is 90.2 Å². The second-order valence-electron chi connectivity index (χ2n) is 26.5. The molecule has 2 aliphatic rings. The first-order valence-corrected chi connectivity index (χ1v) is 36.6. The number of hydrogen-bond acceptors (Lipinski definition) is 15. The van der Waals surface area contributed by atoms with Crippen LogP contribution in [0.3, 0.4) is 0 Å². The van der Waals surface area contributed by atoms with Gasteiger partial charge in [0.05, 0.1) is 91.7 Å². The van der Waals surface area contributed by atoms with Gasteiger partial charge in [0, 0.05) is 35.7 Å². The lowest BCUT2D eigenvalue weighted by molar-refractivity contribution is -0.0498. The summed E-state index contributed by atoms with van der Waals surface area (Å²) in [5.41, 5.74) is 15.2. The van der Waals surface area contributed by atoms with E-state index in [1.807, 2.05) is 109 Å². The number of imidazole rings is 4. The van der Waals surface area contributed by atoms with Crippen LogP contribution in [0.2, 0.25) is 0 Å². The number of para-hydroxylation sites is 6. The number of carbonyl (C=O) groups is 4. The third-order valence-corrected chi connectivity index (χ3v) is 18.9. The summed E-state index contributed by atoms with van der Waals surface area (Å²) in [7, 11) is 0. The number of fused-ring (bicyclic) bond motifs is 4. The number of alkyl halides is 3. The third-order valence-electron chi connectivity index (χ3n) is 18.7. The van der Waals surface area contributed by atoms with Crippen molar-refractivity contribution in [1.29, 1.82) is 0 Å². The fourth-order valence-electron chi connectivity index (χ4n) is 13.1. The van der Waals surface area contributed by atoms with Gasteiger partial charge in [-0.2, -0.15) is 29.2 Å². The lowest BCUT2D eigenvalue weighted by atomic mass is 10.1.